The second kappa shape index (κ2) is 8.37. The Hall–Kier alpha value is -2.33. The number of nitrogens with zero attached hydrogens (tertiary/aromatic N) is 1. The van der Waals surface area contributed by atoms with Crippen LogP contribution in [0.4, 0.5) is 0 Å². The standard InChI is InChI=1S/C31H39NO3/c1-20(2)28-29(34)35-31(19-32(28)18-21-7-5-4-6-8-21)16-14-27-26-11-9-22-17-23(33)10-12-24(22)25(26)13-15-30(27,31)3/h4-8,10,12,17,20,25-28,33H,9,11,13-16,18-19H2,1-3H3/t25-,26-,27+,28+,30+,31-/m1/s1. The summed E-state index contributed by atoms with van der Waals surface area (Å²) in [6.45, 7) is 8.36. The van der Waals surface area contributed by atoms with Crippen molar-refractivity contribution in [1.29, 1.82) is 0 Å². The third kappa shape index (κ3) is 3.55. The Balaban J connectivity index is 1.31. The molecule has 2 aromatic carbocycles. The number of morpholine rings is 1. The summed E-state index contributed by atoms with van der Waals surface area (Å²) >= 11 is 0. The Labute approximate surface area is 209 Å². The second-order valence-electron chi connectivity index (χ2n) is 12.3. The van der Waals surface area contributed by atoms with Crippen molar-refractivity contribution in [2.24, 2.45) is 23.2 Å². The number of carbonyl (C=O) groups excluding carboxylic acids is 1. The average Bonchev–Trinajstić information content (AvgIpc) is 3.10. The maximum absolute atomic E-state index is 13.6. The van der Waals surface area contributed by atoms with Crippen molar-refractivity contribution in [3.05, 3.63) is 65.2 Å². The van der Waals surface area contributed by atoms with Crippen LogP contribution in [-0.4, -0.2) is 34.2 Å². The highest BCUT2D eigenvalue weighted by Gasteiger charge is 2.66. The molecule has 1 heterocycles. The van der Waals surface area contributed by atoms with Crippen LogP contribution < -0.4 is 0 Å². The molecule has 0 amide bonds. The van der Waals surface area contributed by atoms with Gasteiger partial charge in [0.25, 0.3) is 0 Å². The molecule has 4 aliphatic rings. The Morgan fingerprint density at radius 3 is 2.66 bits per heavy atom. The minimum absolute atomic E-state index is 0.00906. The van der Waals surface area contributed by atoms with Gasteiger partial charge in [0.1, 0.15) is 17.4 Å². The number of ether oxygens (including phenoxy) is 1. The van der Waals surface area contributed by atoms with Crippen LogP contribution in [0.5, 0.6) is 5.75 Å². The van der Waals surface area contributed by atoms with Crippen molar-refractivity contribution in [3.8, 4) is 5.75 Å². The summed E-state index contributed by atoms with van der Waals surface area (Å²) in [7, 11) is 0. The number of hydrogen-bond donors (Lipinski definition) is 1. The van der Waals surface area contributed by atoms with Gasteiger partial charge in [0, 0.05) is 18.5 Å². The van der Waals surface area contributed by atoms with Crippen molar-refractivity contribution in [1.82, 2.24) is 4.90 Å². The van der Waals surface area contributed by atoms with Crippen LogP contribution in [0.25, 0.3) is 0 Å². The molecule has 0 bridgehead atoms. The molecule has 2 saturated carbocycles. The lowest BCUT2D eigenvalue weighted by Crippen LogP contribution is -2.65. The molecule has 0 unspecified atom stereocenters. The predicted molar refractivity (Wildman–Crippen MR) is 137 cm³/mol. The van der Waals surface area contributed by atoms with Crippen molar-refractivity contribution in [2.75, 3.05) is 6.54 Å². The monoisotopic (exact) mass is 473 g/mol. The molecule has 2 aromatic rings. The smallest absolute Gasteiger partial charge is 0.324 e. The van der Waals surface area contributed by atoms with Gasteiger partial charge in [-0.15, -0.1) is 0 Å². The molecular formula is C31H39NO3. The highest BCUT2D eigenvalue weighted by molar-refractivity contribution is 5.77. The van der Waals surface area contributed by atoms with Gasteiger partial charge < -0.3 is 9.84 Å². The highest BCUT2D eigenvalue weighted by atomic mass is 16.6. The number of rotatable bonds is 3. The third-order valence-corrected chi connectivity index (χ3v) is 10.2. The molecule has 4 nitrogen and oxygen atoms in total. The molecule has 1 N–H and O–H groups in total. The molecule has 3 fully saturated rings. The fourth-order valence-electron chi connectivity index (χ4n) is 8.62. The quantitative estimate of drug-likeness (QED) is 0.550. The molecular weight excluding hydrogens is 434 g/mol. The van der Waals surface area contributed by atoms with Gasteiger partial charge in [-0.1, -0.05) is 57.2 Å². The molecule has 6 rings (SSSR count). The van der Waals surface area contributed by atoms with Crippen molar-refractivity contribution in [2.45, 2.75) is 83.4 Å². The minimum atomic E-state index is -0.394. The fourth-order valence-corrected chi connectivity index (χ4v) is 8.62. The number of fused-ring (bicyclic) bond motifs is 6. The lowest BCUT2D eigenvalue weighted by atomic mass is 9.53. The molecule has 4 heteroatoms. The third-order valence-electron chi connectivity index (χ3n) is 10.2. The van der Waals surface area contributed by atoms with Crippen molar-refractivity contribution >= 4 is 5.97 Å². The zero-order valence-electron chi connectivity index (χ0n) is 21.4. The fraction of sp³-hybridized carbons (Fsp3) is 0.581. The Bertz CT molecular complexity index is 1110. The van der Waals surface area contributed by atoms with Crippen LogP contribution in [0.15, 0.2) is 48.5 Å². The molecule has 6 atom stereocenters. The van der Waals surface area contributed by atoms with E-state index in [1.54, 1.807) is 0 Å². The van der Waals surface area contributed by atoms with Gasteiger partial charge in [-0.3, -0.25) is 9.69 Å². The van der Waals surface area contributed by atoms with E-state index in [1.807, 2.05) is 12.1 Å². The highest BCUT2D eigenvalue weighted by Crippen LogP contribution is 2.66. The Morgan fingerprint density at radius 2 is 1.89 bits per heavy atom. The molecule has 0 radical (unpaired) electrons. The first-order chi connectivity index (χ1) is 16.8. The van der Waals surface area contributed by atoms with E-state index in [2.05, 4.69) is 62.1 Å². The Kier molecular flexibility index (Phi) is 5.52. The summed E-state index contributed by atoms with van der Waals surface area (Å²) in [5.74, 6) is 2.36. The van der Waals surface area contributed by atoms with E-state index in [1.165, 1.54) is 23.1 Å². The summed E-state index contributed by atoms with van der Waals surface area (Å²) in [6.07, 6.45) is 6.57. The van der Waals surface area contributed by atoms with E-state index >= 15 is 0 Å². The van der Waals surface area contributed by atoms with Crippen molar-refractivity contribution < 1.29 is 14.6 Å². The van der Waals surface area contributed by atoms with Gasteiger partial charge >= 0.3 is 5.97 Å². The first-order valence-corrected chi connectivity index (χ1v) is 13.6. The first kappa shape index (κ1) is 23.1. The SMILES string of the molecule is CC(C)[C@H]1C(=O)O[C@]2(CC[C@H]3[C@@H]4CCc5cc(O)ccc5[C@H]4CC[C@@]32C)CN1Cc1ccccc1. The van der Waals surface area contributed by atoms with Crippen LogP contribution in [0.1, 0.15) is 75.5 Å². The number of carbonyl (C=O) groups is 1. The predicted octanol–water partition coefficient (Wildman–Crippen LogP) is 6.07. The molecule has 3 aliphatic carbocycles. The van der Waals surface area contributed by atoms with E-state index in [0.717, 1.165) is 45.2 Å². The van der Waals surface area contributed by atoms with Gasteiger partial charge in [-0.05, 0) is 91.0 Å². The van der Waals surface area contributed by atoms with Crippen LogP contribution in [0, 0.1) is 23.2 Å². The summed E-state index contributed by atoms with van der Waals surface area (Å²) in [5, 5.41) is 10.0. The molecule has 1 saturated heterocycles. The zero-order valence-corrected chi connectivity index (χ0v) is 21.4. The number of phenolic OH excluding ortho intramolecular Hbond substituents is 1. The summed E-state index contributed by atoms with van der Waals surface area (Å²) in [5.41, 5.74) is 3.66. The van der Waals surface area contributed by atoms with E-state index in [4.69, 9.17) is 4.74 Å². The number of hydrogen-bond acceptors (Lipinski definition) is 4. The lowest BCUT2D eigenvalue weighted by molar-refractivity contribution is -0.212. The zero-order chi connectivity index (χ0) is 24.4. The molecule has 1 spiro atoms. The average molecular weight is 474 g/mol. The summed E-state index contributed by atoms with van der Waals surface area (Å²) in [6, 6.07) is 16.4. The number of benzene rings is 2. The second-order valence-corrected chi connectivity index (χ2v) is 12.3. The summed E-state index contributed by atoms with van der Waals surface area (Å²) < 4.78 is 6.60. The van der Waals surface area contributed by atoms with Gasteiger partial charge in [0.15, 0.2) is 0 Å². The topological polar surface area (TPSA) is 49.8 Å². The maximum atomic E-state index is 13.6. The first-order valence-electron chi connectivity index (χ1n) is 13.6. The van der Waals surface area contributed by atoms with E-state index in [0.29, 0.717) is 23.5 Å². The van der Waals surface area contributed by atoms with Crippen LogP contribution in [-0.2, 0) is 22.5 Å². The van der Waals surface area contributed by atoms with Crippen LogP contribution >= 0.6 is 0 Å². The Morgan fingerprint density at radius 1 is 1.09 bits per heavy atom. The van der Waals surface area contributed by atoms with Gasteiger partial charge in [-0.25, -0.2) is 0 Å². The number of aryl methyl sites for hydroxylation is 1. The number of aromatic hydroxyl groups is 1. The van der Waals surface area contributed by atoms with Gasteiger partial charge in [0.05, 0.1) is 0 Å². The van der Waals surface area contributed by atoms with E-state index in [-0.39, 0.29) is 23.3 Å². The molecule has 35 heavy (non-hydrogen) atoms. The molecule has 186 valence electrons. The number of esters is 1. The van der Waals surface area contributed by atoms with Crippen molar-refractivity contribution in [3.63, 3.8) is 0 Å². The normalized spacial score (nSPS) is 36.5. The maximum Gasteiger partial charge on any atom is 0.324 e. The van der Waals surface area contributed by atoms with E-state index in [9.17, 15) is 9.90 Å². The summed E-state index contributed by atoms with van der Waals surface area (Å²) in [4.78, 5) is 16.0. The lowest BCUT2D eigenvalue weighted by Gasteiger charge is -2.57. The van der Waals surface area contributed by atoms with Gasteiger partial charge in [0.2, 0.25) is 0 Å². The van der Waals surface area contributed by atoms with Crippen LogP contribution in [0.2, 0.25) is 0 Å². The minimum Gasteiger partial charge on any atom is -0.508 e. The van der Waals surface area contributed by atoms with Gasteiger partial charge in [-0.2, -0.15) is 0 Å². The van der Waals surface area contributed by atoms with Crippen LogP contribution in [0.3, 0.4) is 0 Å². The number of phenols is 1. The van der Waals surface area contributed by atoms with E-state index < -0.39 is 5.60 Å². The molecule has 1 aliphatic heterocycles. The molecule has 0 aromatic heterocycles. The largest absolute Gasteiger partial charge is 0.508 e.